The average Bonchev–Trinajstić information content (AvgIpc) is 2.75. The van der Waals surface area contributed by atoms with E-state index in [-0.39, 0.29) is 18.4 Å². The van der Waals surface area contributed by atoms with Crippen LogP contribution in [0, 0.1) is 3.57 Å². The lowest BCUT2D eigenvalue weighted by molar-refractivity contribution is -0.114. The highest BCUT2D eigenvalue weighted by atomic mass is 127. The fourth-order valence-corrected chi connectivity index (χ4v) is 3.25. The Morgan fingerprint density at radius 2 is 1.62 bits per heavy atom. The normalized spacial score (nSPS) is 10.3. The molecule has 3 rings (SSSR count). The Morgan fingerprint density at radius 1 is 0.897 bits per heavy atom. The van der Waals surface area contributed by atoms with Gasteiger partial charge in [0.2, 0.25) is 5.91 Å². The highest BCUT2D eigenvalue weighted by Gasteiger charge is 2.16. The van der Waals surface area contributed by atoms with E-state index in [1.54, 1.807) is 17.0 Å². The first-order valence-corrected chi connectivity index (χ1v) is 10.4. The molecule has 5 nitrogen and oxygen atoms in total. The van der Waals surface area contributed by atoms with Gasteiger partial charge in [0.05, 0.1) is 6.54 Å². The number of nitrogens with zero attached hydrogens (tertiary/aromatic N) is 1. The fourth-order valence-electron chi connectivity index (χ4n) is 2.89. The summed E-state index contributed by atoms with van der Waals surface area (Å²) < 4.78 is 1.11. The summed E-state index contributed by atoms with van der Waals surface area (Å²) in [7, 11) is 0. The van der Waals surface area contributed by atoms with Crippen molar-refractivity contribution in [2.45, 2.75) is 6.92 Å². The molecule has 0 radical (unpaired) electrons. The molecule has 0 atom stereocenters. The molecule has 0 aliphatic heterocycles. The third kappa shape index (κ3) is 5.80. The molecule has 2 N–H and O–H groups in total. The Kier molecular flexibility index (Phi) is 7.24. The van der Waals surface area contributed by atoms with Crippen LogP contribution in [0.5, 0.6) is 0 Å². The van der Waals surface area contributed by atoms with Crippen LogP contribution in [0.4, 0.5) is 17.1 Å². The predicted molar refractivity (Wildman–Crippen MR) is 127 cm³/mol. The lowest BCUT2D eigenvalue weighted by Gasteiger charge is -2.21. The van der Waals surface area contributed by atoms with E-state index in [1.165, 1.54) is 0 Å². The number of carbonyl (C=O) groups excluding carboxylic acids is 2. The second kappa shape index (κ2) is 10.1. The van der Waals surface area contributed by atoms with Gasteiger partial charge in [-0.15, -0.1) is 0 Å². The number of hydrogen-bond donors (Lipinski definition) is 2. The molecule has 3 aromatic rings. The topological polar surface area (TPSA) is 61.4 Å². The molecule has 0 bridgehead atoms. The maximum absolute atomic E-state index is 13.0. The molecule has 29 heavy (non-hydrogen) atoms. The molecule has 148 valence electrons. The molecular weight excluding hydrogens is 477 g/mol. The second-order valence-corrected chi connectivity index (χ2v) is 7.62. The number of carbonyl (C=O) groups is 2. The smallest absolute Gasteiger partial charge is 0.258 e. The van der Waals surface area contributed by atoms with Gasteiger partial charge < -0.3 is 15.5 Å². The molecule has 0 unspecified atom stereocenters. The summed E-state index contributed by atoms with van der Waals surface area (Å²) in [5.41, 5.74) is 2.90. The molecule has 0 aromatic heterocycles. The van der Waals surface area contributed by atoms with Crippen molar-refractivity contribution in [3.8, 4) is 0 Å². The minimum absolute atomic E-state index is 0.0781. The average molecular weight is 499 g/mol. The van der Waals surface area contributed by atoms with E-state index < -0.39 is 0 Å². The minimum atomic E-state index is -0.151. The van der Waals surface area contributed by atoms with E-state index in [0.717, 1.165) is 20.6 Å². The van der Waals surface area contributed by atoms with Crippen LogP contribution in [-0.4, -0.2) is 24.9 Å². The summed E-state index contributed by atoms with van der Waals surface area (Å²) in [5, 5.41) is 5.93. The van der Waals surface area contributed by atoms with E-state index in [4.69, 9.17) is 0 Å². The molecule has 6 heteroatoms. The van der Waals surface area contributed by atoms with Crippen LogP contribution in [-0.2, 0) is 4.79 Å². The van der Waals surface area contributed by atoms with Crippen molar-refractivity contribution in [3.63, 3.8) is 0 Å². The number of benzene rings is 3. The number of rotatable bonds is 7. The largest absolute Gasteiger partial charge is 0.376 e. The van der Waals surface area contributed by atoms with Crippen LogP contribution >= 0.6 is 22.6 Å². The van der Waals surface area contributed by atoms with Gasteiger partial charge in [-0.3, -0.25) is 9.59 Å². The zero-order valence-electron chi connectivity index (χ0n) is 16.1. The Labute approximate surface area is 184 Å². The Balaban J connectivity index is 1.63. The molecule has 0 aliphatic carbocycles. The van der Waals surface area contributed by atoms with Gasteiger partial charge in [0.25, 0.3) is 5.91 Å². The number of amides is 2. The maximum atomic E-state index is 13.0. The maximum Gasteiger partial charge on any atom is 0.258 e. The van der Waals surface area contributed by atoms with Crippen LogP contribution in [0.2, 0.25) is 0 Å². The fraction of sp³-hybridized carbons (Fsp3) is 0.130. The Bertz CT molecular complexity index is 975. The first-order valence-electron chi connectivity index (χ1n) is 9.33. The van der Waals surface area contributed by atoms with Gasteiger partial charge in [0.1, 0.15) is 0 Å². The number of hydrogen-bond acceptors (Lipinski definition) is 3. The van der Waals surface area contributed by atoms with Crippen molar-refractivity contribution < 1.29 is 9.59 Å². The van der Waals surface area contributed by atoms with Crippen LogP contribution in [0.1, 0.15) is 17.3 Å². The van der Waals surface area contributed by atoms with Gasteiger partial charge in [-0.2, -0.15) is 0 Å². The molecule has 0 saturated heterocycles. The molecule has 0 spiro atoms. The monoisotopic (exact) mass is 499 g/mol. The molecule has 0 fully saturated rings. The Hall–Kier alpha value is -2.87. The third-order valence-corrected chi connectivity index (χ3v) is 5.04. The predicted octanol–water partition coefficient (Wildman–Crippen LogP) is 5.01. The summed E-state index contributed by atoms with van der Waals surface area (Å²) in [4.78, 5) is 26.9. The standard InChI is InChI=1S/C23H22IN3O2/c1-2-27(21-9-4-3-5-10-21)23(29)17-7-6-8-20(15-17)25-16-22(28)26-19-13-11-18(24)12-14-19/h3-15,25H,2,16H2,1H3,(H,26,28). The van der Waals surface area contributed by atoms with Crippen molar-refractivity contribution in [1.29, 1.82) is 0 Å². The van der Waals surface area contributed by atoms with Crippen LogP contribution in [0.15, 0.2) is 78.9 Å². The van der Waals surface area contributed by atoms with Crippen molar-refractivity contribution >= 4 is 51.5 Å². The molecule has 0 saturated carbocycles. The van der Waals surface area contributed by atoms with Gasteiger partial charge in [-0.05, 0) is 84.1 Å². The second-order valence-electron chi connectivity index (χ2n) is 6.37. The van der Waals surface area contributed by atoms with Gasteiger partial charge in [-0.25, -0.2) is 0 Å². The van der Waals surface area contributed by atoms with E-state index in [2.05, 4.69) is 33.2 Å². The quantitative estimate of drug-likeness (QED) is 0.450. The number of nitrogens with one attached hydrogen (secondary N) is 2. The highest BCUT2D eigenvalue weighted by molar-refractivity contribution is 14.1. The lowest BCUT2D eigenvalue weighted by atomic mass is 10.1. The molecule has 0 aliphatic rings. The lowest BCUT2D eigenvalue weighted by Crippen LogP contribution is -2.30. The van der Waals surface area contributed by atoms with Crippen molar-refractivity contribution in [2.75, 3.05) is 28.6 Å². The van der Waals surface area contributed by atoms with Gasteiger partial charge in [-0.1, -0.05) is 24.3 Å². The Morgan fingerprint density at radius 3 is 2.31 bits per heavy atom. The molecule has 2 amide bonds. The summed E-state index contributed by atoms with van der Waals surface area (Å²) in [6.45, 7) is 2.63. The first-order chi connectivity index (χ1) is 14.1. The zero-order valence-corrected chi connectivity index (χ0v) is 18.2. The van der Waals surface area contributed by atoms with E-state index in [0.29, 0.717) is 12.1 Å². The van der Waals surface area contributed by atoms with Crippen LogP contribution in [0.3, 0.4) is 0 Å². The summed E-state index contributed by atoms with van der Waals surface area (Å²) in [6.07, 6.45) is 0. The molecular formula is C23H22IN3O2. The number of anilines is 3. The van der Waals surface area contributed by atoms with Crippen molar-refractivity contribution in [1.82, 2.24) is 0 Å². The number of halogens is 1. The SMILES string of the molecule is CCN(C(=O)c1cccc(NCC(=O)Nc2ccc(I)cc2)c1)c1ccccc1. The summed E-state index contributed by atoms with van der Waals surface area (Å²) >= 11 is 2.22. The zero-order chi connectivity index (χ0) is 20.6. The summed E-state index contributed by atoms with van der Waals surface area (Å²) in [5.74, 6) is -0.229. The van der Waals surface area contributed by atoms with Crippen molar-refractivity contribution in [3.05, 3.63) is 88.0 Å². The van der Waals surface area contributed by atoms with Crippen LogP contribution < -0.4 is 15.5 Å². The molecule has 3 aromatic carbocycles. The van der Waals surface area contributed by atoms with Gasteiger partial charge >= 0.3 is 0 Å². The van der Waals surface area contributed by atoms with E-state index in [1.807, 2.05) is 73.7 Å². The van der Waals surface area contributed by atoms with Gasteiger partial charge in [0.15, 0.2) is 0 Å². The van der Waals surface area contributed by atoms with E-state index in [9.17, 15) is 9.59 Å². The minimum Gasteiger partial charge on any atom is -0.376 e. The highest BCUT2D eigenvalue weighted by Crippen LogP contribution is 2.19. The van der Waals surface area contributed by atoms with Gasteiger partial charge in [0, 0.05) is 32.7 Å². The summed E-state index contributed by atoms with van der Waals surface area (Å²) in [6, 6.07) is 24.4. The van der Waals surface area contributed by atoms with Crippen LogP contribution in [0.25, 0.3) is 0 Å². The van der Waals surface area contributed by atoms with Crippen molar-refractivity contribution in [2.24, 2.45) is 0 Å². The number of para-hydroxylation sites is 1. The molecule has 0 heterocycles. The third-order valence-electron chi connectivity index (χ3n) is 4.32. The first kappa shape index (κ1) is 20.9. The van der Waals surface area contributed by atoms with E-state index >= 15 is 0 Å².